The molecule has 2 N–H and O–H groups in total. The molecule has 0 spiro atoms. The fourth-order valence-corrected chi connectivity index (χ4v) is 3.11. The van der Waals surface area contributed by atoms with Gasteiger partial charge >= 0.3 is 11.9 Å². The molecule has 0 amide bonds. The quantitative estimate of drug-likeness (QED) is 0.871. The number of aliphatic carboxylic acids is 2. The number of rotatable bonds is 5. The van der Waals surface area contributed by atoms with Crippen LogP contribution in [0.2, 0.25) is 0 Å². The van der Waals surface area contributed by atoms with E-state index in [2.05, 4.69) is 0 Å². The van der Waals surface area contributed by atoms with Gasteiger partial charge in [0.1, 0.15) is 11.4 Å². The number of aryl methyl sites for hydroxylation is 1. The summed E-state index contributed by atoms with van der Waals surface area (Å²) in [5.41, 5.74) is 1.16. The summed E-state index contributed by atoms with van der Waals surface area (Å²) < 4.78 is 6.07. The molecule has 0 saturated heterocycles. The normalized spacial score (nSPS) is 23.7. The van der Waals surface area contributed by atoms with Crippen molar-refractivity contribution in [3.05, 3.63) is 29.3 Å². The maximum atomic E-state index is 11.1. The summed E-state index contributed by atoms with van der Waals surface area (Å²) in [5, 5.41) is 18.2. The molecule has 5 nitrogen and oxygen atoms in total. The number of carboxylic acid groups (broad SMARTS) is 2. The molecule has 21 heavy (non-hydrogen) atoms. The highest BCUT2D eigenvalue weighted by Crippen LogP contribution is 2.50. The summed E-state index contributed by atoms with van der Waals surface area (Å²) in [5.74, 6) is -1.91. The van der Waals surface area contributed by atoms with E-state index in [4.69, 9.17) is 14.9 Å². The number of fused-ring (bicyclic) bond motifs is 1. The van der Waals surface area contributed by atoms with Crippen LogP contribution in [0, 0.1) is 12.8 Å². The highest BCUT2D eigenvalue weighted by atomic mass is 16.5. The lowest BCUT2D eigenvalue weighted by atomic mass is 9.74. The largest absolute Gasteiger partial charge is 0.486 e. The van der Waals surface area contributed by atoms with E-state index in [1.54, 1.807) is 0 Å². The molecule has 1 aliphatic rings. The predicted octanol–water partition coefficient (Wildman–Crippen LogP) is 2.82. The average molecular weight is 292 g/mol. The van der Waals surface area contributed by atoms with Crippen molar-refractivity contribution in [2.45, 2.75) is 45.1 Å². The number of carboxylic acids is 2. The number of ether oxygens (including phenoxy) is 1. The van der Waals surface area contributed by atoms with Crippen LogP contribution in [0.5, 0.6) is 5.75 Å². The van der Waals surface area contributed by atoms with Crippen molar-refractivity contribution in [1.82, 2.24) is 0 Å². The topological polar surface area (TPSA) is 83.8 Å². The Labute approximate surface area is 123 Å². The van der Waals surface area contributed by atoms with E-state index >= 15 is 0 Å². The van der Waals surface area contributed by atoms with Gasteiger partial charge in [0.2, 0.25) is 0 Å². The second-order valence-electron chi connectivity index (χ2n) is 5.89. The van der Waals surface area contributed by atoms with Crippen LogP contribution in [0.3, 0.4) is 0 Å². The first-order chi connectivity index (χ1) is 9.75. The SMILES string of the molecule is Cc1cccc2c1OC(C)(C(CC(=O)O)CC(=O)O)C2C. The fraction of sp³-hybridized carbons (Fsp3) is 0.500. The minimum Gasteiger partial charge on any atom is -0.486 e. The molecule has 0 bridgehead atoms. The third-order valence-electron chi connectivity index (χ3n) is 4.54. The predicted molar refractivity (Wildman–Crippen MR) is 76.6 cm³/mol. The number of para-hydroxylation sites is 1. The maximum Gasteiger partial charge on any atom is 0.303 e. The van der Waals surface area contributed by atoms with Crippen LogP contribution in [0.1, 0.15) is 43.7 Å². The number of carbonyl (C=O) groups is 2. The Morgan fingerprint density at radius 1 is 1.29 bits per heavy atom. The first kappa shape index (κ1) is 15.4. The molecular formula is C16H20O5. The number of benzene rings is 1. The van der Waals surface area contributed by atoms with Crippen molar-refractivity contribution < 1.29 is 24.5 Å². The second kappa shape index (κ2) is 5.39. The fourth-order valence-electron chi connectivity index (χ4n) is 3.11. The van der Waals surface area contributed by atoms with Crippen molar-refractivity contribution in [1.29, 1.82) is 0 Å². The van der Waals surface area contributed by atoms with Crippen molar-refractivity contribution >= 4 is 11.9 Å². The van der Waals surface area contributed by atoms with Crippen LogP contribution >= 0.6 is 0 Å². The van der Waals surface area contributed by atoms with E-state index in [0.717, 1.165) is 16.9 Å². The monoisotopic (exact) mass is 292 g/mol. The van der Waals surface area contributed by atoms with Gasteiger partial charge < -0.3 is 14.9 Å². The van der Waals surface area contributed by atoms with E-state index in [-0.39, 0.29) is 18.8 Å². The smallest absolute Gasteiger partial charge is 0.303 e. The Balaban J connectivity index is 2.39. The van der Waals surface area contributed by atoms with Crippen LogP contribution < -0.4 is 4.74 Å². The van der Waals surface area contributed by atoms with Crippen molar-refractivity contribution in [3.63, 3.8) is 0 Å². The average Bonchev–Trinajstić information content (AvgIpc) is 2.64. The van der Waals surface area contributed by atoms with Gasteiger partial charge in [0.15, 0.2) is 0 Å². The van der Waals surface area contributed by atoms with Crippen molar-refractivity contribution in [2.24, 2.45) is 5.92 Å². The zero-order valence-corrected chi connectivity index (χ0v) is 12.4. The molecule has 2 rings (SSSR count). The summed E-state index contributed by atoms with van der Waals surface area (Å²) in [4.78, 5) is 22.2. The van der Waals surface area contributed by atoms with Crippen LogP contribution in [0.15, 0.2) is 18.2 Å². The summed E-state index contributed by atoms with van der Waals surface area (Å²) in [6.07, 6.45) is -0.444. The molecule has 0 aromatic heterocycles. The van der Waals surface area contributed by atoms with Gasteiger partial charge in [-0.3, -0.25) is 9.59 Å². The van der Waals surface area contributed by atoms with E-state index in [9.17, 15) is 9.59 Å². The first-order valence-corrected chi connectivity index (χ1v) is 6.97. The van der Waals surface area contributed by atoms with Crippen LogP contribution in [-0.2, 0) is 9.59 Å². The molecule has 0 saturated carbocycles. The summed E-state index contributed by atoms with van der Waals surface area (Å²) in [6, 6.07) is 5.82. The minimum atomic E-state index is -1.01. The zero-order valence-electron chi connectivity index (χ0n) is 12.4. The molecule has 5 heteroatoms. The Kier molecular flexibility index (Phi) is 3.94. The second-order valence-corrected chi connectivity index (χ2v) is 5.89. The van der Waals surface area contributed by atoms with Gasteiger partial charge in [0, 0.05) is 17.4 Å². The molecule has 1 heterocycles. The van der Waals surface area contributed by atoms with Crippen LogP contribution in [-0.4, -0.2) is 27.8 Å². The molecule has 1 aromatic carbocycles. The first-order valence-electron chi connectivity index (χ1n) is 6.97. The summed E-state index contributed by atoms with van der Waals surface area (Å²) in [6.45, 7) is 5.70. The Hall–Kier alpha value is -2.04. The Morgan fingerprint density at radius 3 is 2.33 bits per heavy atom. The third kappa shape index (κ3) is 2.73. The molecule has 114 valence electrons. The van der Waals surface area contributed by atoms with E-state index < -0.39 is 23.5 Å². The summed E-state index contributed by atoms with van der Waals surface area (Å²) >= 11 is 0. The van der Waals surface area contributed by atoms with Gasteiger partial charge in [-0.1, -0.05) is 25.1 Å². The number of hydrogen-bond acceptors (Lipinski definition) is 3. The van der Waals surface area contributed by atoms with Gasteiger partial charge in [0.05, 0.1) is 12.8 Å². The molecule has 2 atom stereocenters. The van der Waals surface area contributed by atoms with Crippen molar-refractivity contribution in [3.8, 4) is 5.75 Å². The van der Waals surface area contributed by atoms with E-state index in [1.165, 1.54) is 0 Å². The lowest BCUT2D eigenvalue weighted by molar-refractivity contribution is -0.144. The van der Waals surface area contributed by atoms with E-state index in [0.29, 0.717) is 0 Å². The van der Waals surface area contributed by atoms with Gasteiger partial charge in [-0.15, -0.1) is 0 Å². The molecule has 1 aliphatic heterocycles. The summed E-state index contributed by atoms with van der Waals surface area (Å²) in [7, 11) is 0. The molecule has 0 fully saturated rings. The van der Waals surface area contributed by atoms with E-state index in [1.807, 2.05) is 39.0 Å². The Bertz CT molecular complexity index is 564. The molecular weight excluding hydrogens is 272 g/mol. The maximum absolute atomic E-state index is 11.1. The van der Waals surface area contributed by atoms with Gasteiger partial charge in [0.25, 0.3) is 0 Å². The standard InChI is InChI=1S/C16H20O5/c1-9-5-4-6-12-10(2)16(3,21-15(9)12)11(7-13(17)18)8-14(19)20/h4-6,10-11H,7-8H2,1-3H3,(H,17,18)(H,19,20). The van der Waals surface area contributed by atoms with Gasteiger partial charge in [-0.2, -0.15) is 0 Å². The third-order valence-corrected chi connectivity index (χ3v) is 4.54. The van der Waals surface area contributed by atoms with Crippen LogP contribution in [0.25, 0.3) is 0 Å². The minimum absolute atomic E-state index is 0.0592. The zero-order chi connectivity index (χ0) is 15.8. The molecule has 1 aromatic rings. The number of hydrogen-bond donors (Lipinski definition) is 2. The Morgan fingerprint density at radius 2 is 1.86 bits per heavy atom. The van der Waals surface area contributed by atoms with Gasteiger partial charge in [-0.25, -0.2) is 0 Å². The van der Waals surface area contributed by atoms with Gasteiger partial charge in [-0.05, 0) is 19.4 Å². The lowest BCUT2D eigenvalue weighted by Gasteiger charge is -2.35. The highest BCUT2D eigenvalue weighted by Gasteiger charge is 2.49. The molecule has 0 aliphatic carbocycles. The van der Waals surface area contributed by atoms with Crippen molar-refractivity contribution in [2.75, 3.05) is 0 Å². The molecule has 2 unspecified atom stereocenters. The highest BCUT2D eigenvalue weighted by molar-refractivity contribution is 5.71. The molecule has 0 radical (unpaired) electrons. The van der Waals surface area contributed by atoms with Crippen LogP contribution in [0.4, 0.5) is 0 Å². The lowest BCUT2D eigenvalue weighted by Crippen LogP contribution is -2.43.